The van der Waals surface area contributed by atoms with Gasteiger partial charge in [0.05, 0.1) is 25.1 Å². The molecule has 8 nitrogen and oxygen atoms in total. The maximum atomic E-state index is 13.1. The third-order valence-corrected chi connectivity index (χ3v) is 6.75. The first-order valence-corrected chi connectivity index (χ1v) is 11.5. The van der Waals surface area contributed by atoms with E-state index >= 15 is 0 Å². The van der Waals surface area contributed by atoms with Gasteiger partial charge in [-0.3, -0.25) is 9.69 Å². The highest BCUT2D eigenvalue weighted by atomic mass is 19.4. The molecule has 1 N–H and O–H groups in total. The van der Waals surface area contributed by atoms with Crippen LogP contribution in [0.4, 0.5) is 18.0 Å². The van der Waals surface area contributed by atoms with Crippen molar-refractivity contribution in [3.05, 3.63) is 65.5 Å². The number of hydrogen-bond acceptors (Lipinski definition) is 6. The molecular weight excluding hydrogens is 477 g/mol. The van der Waals surface area contributed by atoms with Crippen LogP contribution in [0.2, 0.25) is 0 Å². The zero-order valence-corrected chi connectivity index (χ0v) is 19.3. The molecule has 3 aromatic rings. The van der Waals surface area contributed by atoms with Crippen molar-refractivity contribution in [3.8, 4) is 17.1 Å². The standard InChI is InChI=1S/C25H23F3N4O4/c1-35-18-9-2-14(3-10-18)13-32-23(33)19-11-6-16(12-20(19)29-24(32)34)22-30-21(31-36-22)15-4-7-17(8-5-15)25(26,27)28/h2-5,7-10,16,19-20H,6,11-13H2,1H3,(H,29,34). The number of ether oxygens (including phenoxy) is 1. The fraction of sp³-hybridized carbons (Fsp3) is 0.360. The molecule has 36 heavy (non-hydrogen) atoms. The van der Waals surface area contributed by atoms with Crippen LogP contribution in [-0.2, 0) is 17.5 Å². The van der Waals surface area contributed by atoms with Crippen molar-refractivity contribution >= 4 is 11.9 Å². The number of carbonyl (C=O) groups excluding carboxylic acids is 2. The van der Waals surface area contributed by atoms with Crippen molar-refractivity contribution in [3.63, 3.8) is 0 Å². The van der Waals surface area contributed by atoms with Gasteiger partial charge in [-0.2, -0.15) is 18.2 Å². The van der Waals surface area contributed by atoms with E-state index in [1.165, 1.54) is 17.0 Å². The van der Waals surface area contributed by atoms with Crippen molar-refractivity contribution in [2.24, 2.45) is 5.92 Å². The molecule has 3 atom stereocenters. The molecule has 2 aromatic carbocycles. The number of fused-ring (bicyclic) bond motifs is 1. The van der Waals surface area contributed by atoms with Gasteiger partial charge >= 0.3 is 12.2 Å². The lowest BCUT2D eigenvalue weighted by Gasteiger charge is -2.41. The van der Waals surface area contributed by atoms with Gasteiger partial charge in [-0.05, 0) is 49.1 Å². The van der Waals surface area contributed by atoms with Gasteiger partial charge in [0.25, 0.3) is 0 Å². The van der Waals surface area contributed by atoms with E-state index in [-0.39, 0.29) is 36.2 Å². The molecule has 11 heteroatoms. The van der Waals surface area contributed by atoms with E-state index in [1.54, 1.807) is 19.2 Å². The lowest BCUT2D eigenvalue weighted by Crippen LogP contribution is -2.60. The molecule has 2 aliphatic rings. The number of hydrogen-bond donors (Lipinski definition) is 1. The molecule has 1 aromatic heterocycles. The van der Waals surface area contributed by atoms with Gasteiger partial charge in [0.15, 0.2) is 0 Å². The lowest BCUT2D eigenvalue weighted by molar-refractivity contribution is -0.138. The Morgan fingerprint density at radius 2 is 1.81 bits per heavy atom. The summed E-state index contributed by atoms with van der Waals surface area (Å²) in [6, 6.07) is 10.9. The quantitative estimate of drug-likeness (QED) is 0.542. The number of alkyl halides is 3. The summed E-state index contributed by atoms with van der Waals surface area (Å²) in [5, 5.41) is 6.87. The Kier molecular flexibility index (Phi) is 6.15. The summed E-state index contributed by atoms with van der Waals surface area (Å²) in [7, 11) is 1.57. The summed E-state index contributed by atoms with van der Waals surface area (Å²) < 4.78 is 49.0. The number of imide groups is 1. The van der Waals surface area contributed by atoms with Crippen LogP contribution in [0.1, 0.15) is 42.2 Å². The van der Waals surface area contributed by atoms with E-state index in [2.05, 4.69) is 15.5 Å². The smallest absolute Gasteiger partial charge is 0.416 e. The molecule has 3 amide bonds. The van der Waals surface area contributed by atoms with Crippen LogP contribution < -0.4 is 10.1 Å². The van der Waals surface area contributed by atoms with E-state index in [0.717, 1.165) is 17.7 Å². The van der Waals surface area contributed by atoms with Crippen molar-refractivity contribution in [2.45, 2.75) is 43.9 Å². The van der Waals surface area contributed by atoms with Gasteiger partial charge in [0.2, 0.25) is 17.6 Å². The van der Waals surface area contributed by atoms with Gasteiger partial charge in [-0.1, -0.05) is 29.4 Å². The van der Waals surface area contributed by atoms with Crippen LogP contribution >= 0.6 is 0 Å². The highest BCUT2D eigenvalue weighted by Gasteiger charge is 2.45. The van der Waals surface area contributed by atoms with Gasteiger partial charge in [-0.15, -0.1) is 0 Å². The number of aromatic nitrogens is 2. The summed E-state index contributed by atoms with van der Waals surface area (Å²) >= 11 is 0. The average Bonchev–Trinajstić information content (AvgIpc) is 3.37. The molecule has 0 bridgehead atoms. The fourth-order valence-electron chi connectivity index (χ4n) is 4.78. The normalized spacial score (nSPS) is 22.2. The molecule has 0 spiro atoms. The predicted octanol–water partition coefficient (Wildman–Crippen LogP) is 4.77. The van der Waals surface area contributed by atoms with Crippen LogP contribution in [0.5, 0.6) is 5.75 Å². The second kappa shape index (κ2) is 9.29. The number of halogens is 3. The van der Waals surface area contributed by atoms with Crippen molar-refractivity contribution in [1.82, 2.24) is 20.4 Å². The highest BCUT2D eigenvalue weighted by Crippen LogP contribution is 2.39. The molecule has 5 rings (SSSR count). The van der Waals surface area contributed by atoms with Gasteiger partial charge in [0.1, 0.15) is 5.75 Å². The monoisotopic (exact) mass is 500 g/mol. The molecule has 188 valence electrons. The molecular formula is C25H23F3N4O4. The van der Waals surface area contributed by atoms with E-state index in [1.807, 2.05) is 12.1 Å². The number of nitrogens with one attached hydrogen (secondary N) is 1. The van der Waals surface area contributed by atoms with E-state index in [0.29, 0.717) is 36.5 Å². The van der Waals surface area contributed by atoms with E-state index < -0.39 is 17.8 Å². The lowest BCUT2D eigenvalue weighted by atomic mass is 9.76. The summed E-state index contributed by atoms with van der Waals surface area (Å²) in [4.78, 5) is 31.5. The number of amides is 3. The van der Waals surface area contributed by atoms with Gasteiger partial charge < -0.3 is 14.6 Å². The predicted molar refractivity (Wildman–Crippen MR) is 121 cm³/mol. The Balaban J connectivity index is 1.25. The SMILES string of the molecule is COc1ccc(CN2C(=O)NC3CC(c4nc(-c5ccc(C(F)(F)F)cc5)no4)CCC3C2=O)cc1. The summed E-state index contributed by atoms with van der Waals surface area (Å²) in [5.41, 5.74) is 0.460. The zero-order chi connectivity index (χ0) is 25.4. The first kappa shape index (κ1) is 23.8. The number of carbonyl (C=O) groups is 2. The second-order valence-electron chi connectivity index (χ2n) is 8.98. The summed E-state index contributed by atoms with van der Waals surface area (Å²) in [6.07, 6.45) is -2.84. The maximum absolute atomic E-state index is 13.1. The van der Waals surface area contributed by atoms with Crippen LogP contribution in [0.25, 0.3) is 11.4 Å². The summed E-state index contributed by atoms with van der Waals surface area (Å²) in [6.45, 7) is 0.168. The van der Waals surface area contributed by atoms with Crippen LogP contribution in [0.3, 0.4) is 0 Å². The molecule has 1 saturated carbocycles. The largest absolute Gasteiger partial charge is 0.497 e. The molecule has 1 aliphatic heterocycles. The second-order valence-corrected chi connectivity index (χ2v) is 8.98. The Morgan fingerprint density at radius 3 is 2.47 bits per heavy atom. The average molecular weight is 500 g/mol. The highest BCUT2D eigenvalue weighted by molar-refractivity contribution is 5.98. The number of nitrogens with zero attached hydrogens (tertiary/aromatic N) is 3. The van der Waals surface area contributed by atoms with Gasteiger partial charge in [-0.25, -0.2) is 4.79 Å². The Bertz CT molecular complexity index is 1260. The van der Waals surface area contributed by atoms with Crippen molar-refractivity contribution < 1.29 is 32.0 Å². The number of urea groups is 1. The van der Waals surface area contributed by atoms with Crippen LogP contribution in [0.15, 0.2) is 53.1 Å². The number of methoxy groups -OCH3 is 1. The molecule has 1 aliphatic carbocycles. The molecule has 0 radical (unpaired) electrons. The third-order valence-electron chi connectivity index (χ3n) is 6.75. The summed E-state index contributed by atoms with van der Waals surface area (Å²) in [5.74, 6) is 0.474. The molecule has 1 saturated heterocycles. The van der Waals surface area contributed by atoms with Gasteiger partial charge in [0, 0.05) is 17.5 Å². The first-order chi connectivity index (χ1) is 17.2. The zero-order valence-electron chi connectivity index (χ0n) is 19.3. The molecule has 2 heterocycles. The minimum atomic E-state index is -4.42. The number of benzene rings is 2. The minimum Gasteiger partial charge on any atom is -0.497 e. The van der Waals surface area contributed by atoms with Crippen LogP contribution in [0, 0.1) is 5.92 Å². The van der Waals surface area contributed by atoms with Crippen LogP contribution in [-0.4, -0.2) is 40.1 Å². The van der Waals surface area contributed by atoms with Crippen molar-refractivity contribution in [2.75, 3.05) is 7.11 Å². The maximum Gasteiger partial charge on any atom is 0.416 e. The Morgan fingerprint density at radius 1 is 1.08 bits per heavy atom. The van der Waals surface area contributed by atoms with Crippen molar-refractivity contribution in [1.29, 1.82) is 0 Å². The topological polar surface area (TPSA) is 97.6 Å². The van der Waals surface area contributed by atoms with E-state index in [4.69, 9.17) is 9.26 Å². The Hall–Kier alpha value is -3.89. The Labute approximate surface area is 204 Å². The first-order valence-electron chi connectivity index (χ1n) is 11.5. The molecule has 2 fully saturated rings. The fourth-order valence-corrected chi connectivity index (χ4v) is 4.78. The van der Waals surface area contributed by atoms with E-state index in [9.17, 15) is 22.8 Å². The minimum absolute atomic E-state index is 0.168. The third kappa shape index (κ3) is 4.65. The number of rotatable bonds is 5. The molecule has 3 unspecified atom stereocenters.